The summed E-state index contributed by atoms with van der Waals surface area (Å²) in [5.41, 5.74) is 4.12. The van der Waals surface area contributed by atoms with Crippen molar-refractivity contribution in [3.8, 4) is 0 Å². The van der Waals surface area contributed by atoms with Gasteiger partial charge in [0.15, 0.2) is 0 Å². The molecule has 2 aromatic rings. The van der Waals surface area contributed by atoms with Crippen LogP contribution in [-0.4, -0.2) is 47.8 Å². The topological polar surface area (TPSA) is 90.5 Å². The Morgan fingerprint density at radius 2 is 1.79 bits per heavy atom. The first-order valence-corrected chi connectivity index (χ1v) is 11.9. The van der Waals surface area contributed by atoms with Crippen LogP contribution in [0.3, 0.4) is 0 Å². The highest BCUT2D eigenvalue weighted by molar-refractivity contribution is 6.05. The summed E-state index contributed by atoms with van der Waals surface area (Å²) < 4.78 is 0. The molecule has 3 N–H and O–H groups in total. The molecule has 3 aliphatic rings. The SMILES string of the molecule is O=C1CCC(N2Cc3cc(CN[C@@H]4CCNCC[C@H]4c4ccccc4)ccc3C2=O)C(=O)N1. The Balaban J connectivity index is 1.27. The van der Waals surface area contributed by atoms with Crippen LogP contribution in [0.4, 0.5) is 0 Å². The van der Waals surface area contributed by atoms with E-state index in [0.29, 0.717) is 30.5 Å². The number of imide groups is 1. The molecule has 2 saturated heterocycles. The van der Waals surface area contributed by atoms with E-state index in [4.69, 9.17) is 0 Å². The van der Waals surface area contributed by atoms with Crippen molar-refractivity contribution < 1.29 is 14.4 Å². The third-order valence-electron chi connectivity index (χ3n) is 7.13. The first kappa shape index (κ1) is 21.8. The van der Waals surface area contributed by atoms with Gasteiger partial charge in [0, 0.05) is 37.0 Å². The lowest BCUT2D eigenvalue weighted by atomic mass is 9.87. The van der Waals surface area contributed by atoms with Crippen LogP contribution in [0.15, 0.2) is 48.5 Å². The summed E-state index contributed by atoms with van der Waals surface area (Å²) >= 11 is 0. The third kappa shape index (κ3) is 4.56. The first-order valence-electron chi connectivity index (χ1n) is 11.9. The number of nitrogens with one attached hydrogen (secondary N) is 3. The molecule has 0 saturated carbocycles. The fraction of sp³-hybridized carbons (Fsp3) is 0.423. The molecule has 3 amide bonds. The standard InChI is InChI=1S/C26H30N4O3/c31-24-9-8-23(25(32)29-24)30-16-19-14-17(6-7-21(19)26(30)33)15-28-22-11-13-27-12-10-20(22)18-4-2-1-3-5-18/h1-7,14,20,22-23,27-28H,8-13,15-16H2,(H,29,31,32)/t20-,22+,23?/m0/s1. The minimum Gasteiger partial charge on any atom is -0.322 e. The maximum absolute atomic E-state index is 12.9. The predicted octanol–water partition coefficient (Wildman–Crippen LogP) is 2.07. The zero-order valence-electron chi connectivity index (χ0n) is 18.7. The molecule has 0 radical (unpaired) electrons. The van der Waals surface area contributed by atoms with Gasteiger partial charge in [-0.3, -0.25) is 19.7 Å². The van der Waals surface area contributed by atoms with Crippen LogP contribution in [0.1, 0.15) is 58.6 Å². The number of nitrogens with zero attached hydrogens (tertiary/aromatic N) is 1. The number of carbonyl (C=O) groups is 3. The van der Waals surface area contributed by atoms with E-state index in [0.717, 1.165) is 43.6 Å². The number of hydrogen-bond donors (Lipinski definition) is 3. The van der Waals surface area contributed by atoms with Crippen molar-refractivity contribution in [1.29, 1.82) is 0 Å². The normalized spacial score (nSPS) is 25.5. The van der Waals surface area contributed by atoms with Crippen molar-refractivity contribution in [1.82, 2.24) is 20.9 Å². The molecule has 2 aromatic carbocycles. The minimum atomic E-state index is -0.575. The van der Waals surface area contributed by atoms with Gasteiger partial charge in [-0.15, -0.1) is 0 Å². The van der Waals surface area contributed by atoms with Gasteiger partial charge in [-0.25, -0.2) is 0 Å². The number of piperidine rings is 1. The van der Waals surface area contributed by atoms with E-state index >= 15 is 0 Å². The number of carbonyl (C=O) groups excluding carboxylic acids is 3. The largest absolute Gasteiger partial charge is 0.322 e. The van der Waals surface area contributed by atoms with Crippen LogP contribution >= 0.6 is 0 Å². The molecule has 172 valence electrons. The number of rotatable bonds is 5. The molecule has 3 heterocycles. The summed E-state index contributed by atoms with van der Waals surface area (Å²) in [5, 5.41) is 9.65. The Morgan fingerprint density at radius 1 is 0.970 bits per heavy atom. The van der Waals surface area contributed by atoms with Gasteiger partial charge in [-0.05, 0) is 55.1 Å². The number of fused-ring (bicyclic) bond motifs is 1. The molecule has 0 aliphatic carbocycles. The van der Waals surface area contributed by atoms with E-state index in [2.05, 4.69) is 52.3 Å². The lowest BCUT2D eigenvalue weighted by Gasteiger charge is -2.29. The van der Waals surface area contributed by atoms with E-state index < -0.39 is 6.04 Å². The summed E-state index contributed by atoms with van der Waals surface area (Å²) in [6, 6.07) is 16.5. The smallest absolute Gasteiger partial charge is 0.255 e. The second kappa shape index (κ2) is 9.45. The summed E-state index contributed by atoms with van der Waals surface area (Å²) in [4.78, 5) is 38.3. The highest BCUT2D eigenvalue weighted by atomic mass is 16.2. The van der Waals surface area contributed by atoms with Crippen molar-refractivity contribution in [3.63, 3.8) is 0 Å². The Kier molecular flexibility index (Phi) is 6.24. The van der Waals surface area contributed by atoms with E-state index in [1.165, 1.54) is 5.56 Å². The first-order chi connectivity index (χ1) is 16.1. The quantitative estimate of drug-likeness (QED) is 0.612. The molecule has 0 spiro atoms. The maximum atomic E-state index is 12.9. The van der Waals surface area contributed by atoms with Crippen molar-refractivity contribution >= 4 is 17.7 Å². The van der Waals surface area contributed by atoms with Crippen LogP contribution < -0.4 is 16.0 Å². The molecule has 2 fully saturated rings. The Hall–Kier alpha value is -3.03. The van der Waals surface area contributed by atoms with E-state index in [9.17, 15) is 14.4 Å². The average molecular weight is 447 g/mol. The highest BCUT2D eigenvalue weighted by Crippen LogP contribution is 2.29. The Labute approximate surface area is 193 Å². The van der Waals surface area contributed by atoms with E-state index in [-0.39, 0.29) is 24.1 Å². The number of benzene rings is 2. The van der Waals surface area contributed by atoms with Crippen LogP contribution in [0.2, 0.25) is 0 Å². The van der Waals surface area contributed by atoms with Gasteiger partial charge in [-0.2, -0.15) is 0 Å². The third-order valence-corrected chi connectivity index (χ3v) is 7.13. The molecular formula is C26H30N4O3. The van der Waals surface area contributed by atoms with Gasteiger partial charge in [0.2, 0.25) is 11.8 Å². The molecule has 0 aromatic heterocycles. The van der Waals surface area contributed by atoms with Gasteiger partial charge in [0.25, 0.3) is 5.91 Å². The number of hydrogen-bond acceptors (Lipinski definition) is 5. The summed E-state index contributed by atoms with van der Waals surface area (Å²) in [5.74, 6) is -0.308. The highest BCUT2D eigenvalue weighted by Gasteiger charge is 2.39. The zero-order valence-corrected chi connectivity index (χ0v) is 18.7. The van der Waals surface area contributed by atoms with Gasteiger partial charge in [0.05, 0.1) is 0 Å². The lowest BCUT2D eigenvalue weighted by molar-refractivity contribution is -0.136. The molecule has 3 atom stereocenters. The Morgan fingerprint density at radius 3 is 2.61 bits per heavy atom. The predicted molar refractivity (Wildman–Crippen MR) is 124 cm³/mol. The van der Waals surface area contributed by atoms with Crippen LogP contribution in [0, 0.1) is 0 Å². The minimum absolute atomic E-state index is 0.127. The van der Waals surface area contributed by atoms with Gasteiger partial charge >= 0.3 is 0 Å². The molecule has 5 rings (SSSR count). The molecule has 33 heavy (non-hydrogen) atoms. The van der Waals surface area contributed by atoms with Crippen molar-refractivity contribution in [2.24, 2.45) is 0 Å². The van der Waals surface area contributed by atoms with E-state index in [1.807, 2.05) is 12.1 Å². The fourth-order valence-corrected chi connectivity index (χ4v) is 5.37. The van der Waals surface area contributed by atoms with E-state index in [1.54, 1.807) is 4.90 Å². The molecular weight excluding hydrogens is 416 g/mol. The molecule has 3 aliphatic heterocycles. The second-order valence-corrected chi connectivity index (χ2v) is 9.22. The van der Waals surface area contributed by atoms with Crippen LogP contribution in [-0.2, 0) is 22.7 Å². The van der Waals surface area contributed by atoms with Gasteiger partial charge in [-0.1, -0.05) is 42.5 Å². The molecule has 7 nitrogen and oxygen atoms in total. The van der Waals surface area contributed by atoms with Gasteiger partial charge < -0.3 is 15.5 Å². The molecule has 1 unspecified atom stereocenters. The molecule has 7 heteroatoms. The van der Waals surface area contributed by atoms with Crippen molar-refractivity contribution in [3.05, 3.63) is 70.8 Å². The average Bonchev–Trinajstić information content (AvgIpc) is 2.98. The van der Waals surface area contributed by atoms with Gasteiger partial charge in [0.1, 0.15) is 6.04 Å². The fourth-order valence-electron chi connectivity index (χ4n) is 5.37. The molecule has 0 bridgehead atoms. The summed E-state index contributed by atoms with van der Waals surface area (Å²) in [6.45, 7) is 3.16. The summed E-state index contributed by atoms with van der Waals surface area (Å²) in [6.07, 6.45) is 2.81. The van der Waals surface area contributed by atoms with Crippen LogP contribution in [0.5, 0.6) is 0 Å². The Bertz CT molecular complexity index is 1050. The number of amides is 3. The maximum Gasteiger partial charge on any atom is 0.255 e. The summed E-state index contributed by atoms with van der Waals surface area (Å²) in [7, 11) is 0. The van der Waals surface area contributed by atoms with Crippen molar-refractivity contribution in [2.45, 2.75) is 56.8 Å². The lowest BCUT2D eigenvalue weighted by Crippen LogP contribution is -2.52. The zero-order chi connectivity index (χ0) is 22.8. The monoisotopic (exact) mass is 446 g/mol. The van der Waals surface area contributed by atoms with Crippen LogP contribution in [0.25, 0.3) is 0 Å². The van der Waals surface area contributed by atoms with Crippen molar-refractivity contribution in [2.75, 3.05) is 13.1 Å². The second-order valence-electron chi connectivity index (χ2n) is 9.22.